The maximum absolute atomic E-state index is 6.23. The van der Waals surface area contributed by atoms with Gasteiger partial charge in [-0.2, -0.15) is 4.98 Å². The Bertz CT molecular complexity index is 890. The van der Waals surface area contributed by atoms with Gasteiger partial charge in [-0.3, -0.25) is 0 Å². The van der Waals surface area contributed by atoms with E-state index in [0.29, 0.717) is 25.7 Å². The molecule has 1 atom stereocenters. The molecule has 0 aliphatic carbocycles. The second kappa shape index (κ2) is 8.37. The molecule has 1 saturated heterocycles. The Morgan fingerprint density at radius 3 is 2.74 bits per heavy atom. The Labute approximate surface area is 164 Å². The minimum atomic E-state index is 0.145. The summed E-state index contributed by atoms with van der Waals surface area (Å²) in [6, 6.07) is 20.3. The van der Waals surface area contributed by atoms with Gasteiger partial charge in [0.25, 0.3) is 0 Å². The maximum Gasteiger partial charge on any atom is 0.224 e. The summed E-state index contributed by atoms with van der Waals surface area (Å²) in [5, 5.41) is 4.01. The van der Waals surface area contributed by atoms with Crippen LogP contribution in [0, 0.1) is 0 Å². The molecule has 1 aliphatic rings. The van der Waals surface area contributed by atoms with Crippen LogP contribution in [-0.2, 0) is 11.3 Å². The number of nitrogens with zero attached hydrogens (tertiary/aromatic N) is 3. The zero-order valence-corrected chi connectivity index (χ0v) is 15.6. The lowest BCUT2D eigenvalue weighted by Gasteiger charge is -2.36. The normalized spacial score (nSPS) is 16.9. The van der Waals surface area contributed by atoms with Gasteiger partial charge in [-0.1, -0.05) is 60.1 Å². The number of benzene rings is 2. The van der Waals surface area contributed by atoms with Crippen molar-refractivity contribution in [3.05, 3.63) is 83.0 Å². The molecule has 1 aliphatic heterocycles. The highest BCUT2D eigenvalue weighted by Gasteiger charge is 2.25. The molecule has 2 aromatic carbocycles. The van der Waals surface area contributed by atoms with Gasteiger partial charge in [-0.15, -0.1) is 0 Å². The molecule has 0 bridgehead atoms. The van der Waals surface area contributed by atoms with Crippen LogP contribution in [0.3, 0.4) is 0 Å². The highest BCUT2D eigenvalue weighted by atomic mass is 35.5. The van der Waals surface area contributed by atoms with Crippen LogP contribution in [0.1, 0.15) is 17.2 Å². The van der Waals surface area contributed by atoms with Gasteiger partial charge in [0.1, 0.15) is 5.82 Å². The first kappa shape index (κ1) is 17.8. The van der Waals surface area contributed by atoms with Crippen LogP contribution in [0.4, 0.5) is 11.8 Å². The van der Waals surface area contributed by atoms with Crippen LogP contribution in [-0.4, -0.2) is 29.7 Å². The number of anilines is 2. The molecular formula is C21H21ClN4O. The zero-order chi connectivity index (χ0) is 18.5. The van der Waals surface area contributed by atoms with Crippen molar-refractivity contribution in [3.63, 3.8) is 0 Å². The van der Waals surface area contributed by atoms with E-state index in [-0.39, 0.29) is 6.04 Å². The van der Waals surface area contributed by atoms with Crippen LogP contribution in [0.15, 0.2) is 66.9 Å². The average molecular weight is 381 g/mol. The van der Waals surface area contributed by atoms with Crippen molar-refractivity contribution in [1.29, 1.82) is 0 Å². The van der Waals surface area contributed by atoms with Crippen LogP contribution in [0.25, 0.3) is 0 Å². The molecule has 6 heteroatoms. The number of hydrogen-bond donors (Lipinski definition) is 1. The molecular weight excluding hydrogens is 360 g/mol. The summed E-state index contributed by atoms with van der Waals surface area (Å²) < 4.78 is 5.72. The summed E-state index contributed by atoms with van der Waals surface area (Å²) in [6.07, 6.45) is 1.79. The molecule has 3 aromatic rings. The summed E-state index contributed by atoms with van der Waals surface area (Å²) >= 11 is 6.23. The van der Waals surface area contributed by atoms with Crippen molar-refractivity contribution >= 4 is 23.4 Å². The largest absolute Gasteiger partial charge is 0.377 e. The lowest BCUT2D eigenvalue weighted by atomic mass is 10.1. The van der Waals surface area contributed by atoms with Crippen molar-refractivity contribution in [2.24, 2.45) is 0 Å². The number of rotatable bonds is 5. The number of ether oxygens (including phenoxy) is 1. The second-order valence-corrected chi connectivity index (χ2v) is 6.79. The van der Waals surface area contributed by atoms with Crippen LogP contribution in [0.5, 0.6) is 0 Å². The third kappa shape index (κ3) is 4.21. The Kier molecular flexibility index (Phi) is 5.51. The molecule has 2 heterocycles. The zero-order valence-electron chi connectivity index (χ0n) is 14.9. The van der Waals surface area contributed by atoms with Crippen LogP contribution >= 0.6 is 11.6 Å². The monoisotopic (exact) mass is 380 g/mol. The van der Waals surface area contributed by atoms with Crippen molar-refractivity contribution in [3.8, 4) is 0 Å². The van der Waals surface area contributed by atoms with Gasteiger partial charge < -0.3 is 15.0 Å². The predicted octanol–water partition coefficient (Wildman–Crippen LogP) is 4.32. The lowest BCUT2D eigenvalue weighted by Crippen LogP contribution is -2.40. The second-order valence-electron chi connectivity index (χ2n) is 6.38. The van der Waals surface area contributed by atoms with Gasteiger partial charge in [0.2, 0.25) is 5.95 Å². The smallest absolute Gasteiger partial charge is 0.224 e. The molecule has 0 spiro atoms. The van der Waals surface area contributed by atoms with Gasteiger partial charge >= 0.3 is 0 Å². The summed E-state index contributed by atoms with van der Waals surface area (Å²) in [5.41, 5.74) is 2.24. The van der Waals surface area contributed by atoms with E-state index in [9.17, 15) is 0 Å². The first-order chi connectivity index (χ1) is 13.3. The fraction of sp³-hybridized carbons (Fsp3) is 0.238. The highest BCUT2D eigenvalue weighted by Crippen LogP contribution is 2.29. The molecule has 0 amide bonds. The van der Waals surface area contributed by atoms with Gasteiger partial charge in [0.15, 0.2) is 0 Å². The van der Waals surface area contributed by atoms with Crippen molar-refractivity contribution in [2.45, 2.75) is 12.6 Å². The van der Waals surface area contributed by atoms with Crippen LogP contribution < -0.4 is 10.2 Å². The number of hydrogen-bond acceptors (Lipinski definition) is 5. The Morgan fingerprint density at radius 1 is 1.07 bits per heavy atom. The summed E-state index contributed by atoms with van der Waals surface area (Å²) in [5.74, 6) is 1.48. The topological polar surface area (TPSA) is 50.3 Å². The fourth-order valence-electron chi connectivity index (χ4n) is 3.24. The van der Waals surface area contributed by atoms with E-state index < -0.39 is 0 Å². The third-order valence-corrected chi connectivity index (χ3v) is 5.01. The van der Waals surface area contributed by atoms with E-state index in [0.717, 1.165) is 22.9 Å². The quantitative estimate of drug-likeness (QED) is 0.714. The summed E-state index contributed by atoms with van der Waals surface area (Å²) in [4.78, 5) is 11.4. The Hall–Kier alpha value is -2.63. The molecule has 0 saturated carbocycles. The van der Waals surface area contributed by atoms with Gasteiger partial charge in [-0.25, -0.2) is 4.98 Å². The Balaban J connectivity index is 1.53. The van der Waals surface area contributed by atoms with Gasteiger partial charge in [-0.05, 0) is 23.3 Å². The molecule has 1 N–H and O–H groups in total. The first-order valence-electron chi connectivity index (χ1n) is 9.01. The van der Waals surface area contributed by atoms with E-state index in [1.165, 1.54) is 5.56 Å². The molecule has 5 nitrogen and oxygen atoms in total. The predicted molar refractivity (Wildman–Crippen MR) is 108 cm³/mol. The number of halogens is 1. The number of morpholine rings is 1. The van der Waals surface area contributed by atoms with E-state index in [1.54, 1.807) is 6.20 Å². The third-order valence-electron chi connectivity index (χ3n) is 4.64. The standard InChI is InChI=1S/C21H21ClN4O/c22-18-9-5-4-8-17(18)14-24-21-23-11-10-20(25-21)26-12-13-27-15-19(26)16-6-2-1-3-7-16/h1-11,19H,12-15H2,(H,23,24,25)/t19-/m1/s1. The summed E-state index contributed by atoms with van der Waals surface area (Å²) in [6.45, 7) is 2.71. The van der Waals surface area contributed by atoms with Crippen LogP contribution in [0.2, 0.25) is 5.02 Å². The molecule has 138 valence electrons. The van der Waals surface area contributed by atoms with E-state index >= 15 is 0 Å². The SMILES string of the molecule is Clc1ccccc1CNc1nccc(N2CCOC[C@@H]2c2ccccc2)n1. The number of nitrogens with one attached hydrogen (secondary N) is 1. The molecule has 1 fully saturated rings. The number of aromatic nitrogens is 2. The molecule has 27 heavy (non-hydrogen) atoms. The van der Waals surface area contributed by atoms with E-state index in [1.807, 2.05) is 36.4 Å². The first-order valence-corrected chi connectivity index (χ1v) is 9.39. The van der Waals surface area contributed by atoms with E-state index in [4.69, 9.17) is 21.3 Å². The van der Waals surface area contributed by atoms with Gasteiger partial charge in [0, 0.05) is 24.3 Å². The minimum absolute atomic E-state index is 0.145. The average Bonchev–Trinajstić information content (AvgIpc) is 2.74. The van der Waals surface area contributed by atoms with Crippen molar-refractivity contribution in [1.82, 2.24) is 9.97 Å². The van der Waals surface area contributed by atoms with Gasteiger partial charge in [0.05, 0.1) is 19.3 Å². The summed E-state index contributed by atoms with van der Waals surface area (Å²) in [7, 11) is 0. The molecule has 0 radical (unpaired) electrons. The fourth-order valence-corrected chi connectivity index (χ4v) is 3.44. The molecule has 1 aromatic heterocycles. The Morgan fingerprint density at radius 2 is 1.89 bits per heavy atom. The highest BCUT2D eigenvalue weighted by molar-refractivity contribution is 6.31. The van der Waals surface area contributed by atoms with Crippen molar-refractivity contribution in [2.75, 3.05) is 30.0 Å². The molecule has 0 unspecified atom stereocenters. The van der Waals surface area contributed by atoms with Crippen molar-refractivity contribution < 1.29 is 4.74 Å². The molecule has 4 rings (SSSR count). The van der Waals surface area contributed by atoms with E-state index in [2.05, 4.69) is 39.5 Å². The lowest BCUT2D eigenvalue weighted by molar-refractivity contribution is 0.0937. The minimum Gasteiger partial charge on any atom is -0.377 e. The maximum atomic E-state index is 6.23.